The summed E-state index contributed by atoms with van der Waals surface area (Å²) < 4.78 is 41.2. The summed E-state index contributed by atoms with van der Waals surface area (Å²) in [6.45, 7) is 3.65. The predicted octanol–water partition coefficient (Wildman–Crippen LogP) is 7.01. The number of nitrogens with one attached hydrogen (secondary N) is 4. The molecule has 1 aliphatic carbocycles. The molecule has 0 saturated heterocycles. The monoisotopic (exact) mass is 635 g/mol. The highest BCUT2D eigenvalue weighted by Gasteiger charge is 2.31. The van der Waals surface area contributed by atoms with E-state index in [1.165, 1.54) is 12.1 Å². The topological polar surface area (TPSA) is 121 Å². The summed E-state index contributed by atoms with van der Waals surface area (Å²) in [6.07, 6.45) is -1.69. The molecule has 10 nitrogen and oxygen atoms in total. The quantitative estimate of drug-likeness (QED) is 0.164. The predicted molar refractivity (Wildman–Crippen MR) is 173 cm³/mol. The van der Waals surface area contributed by atoms with Crippen molar-refractivity contribution in [3.05, 3.63) is 77.4 Å². The van der Waals surface area contributed by atoms with Gasteiger partial charge in [0.2, 0.25) is 5.95 Å². The zero-order valence-corrected chi connectivity index (χ0v) is 26.0. The number of urea groups is 1. The third-order valence-electron chi connectivity index (χ3n) is 7.71. The summed E-state index contributed by atoms with van der Waals surface area (Å²) in [5, 5.41) is 12.9. The van der Waals surface area contributed by atoms with Crippen LogP contribution >= 0.6 is 0 Å². The summed E-state index contributed by atoms with van der Waals surface area (Å²) in [6, 6.07) is 15.7. The van der Waals surface area contributed by atoms with E-state index in [-0.39, 0.29) is 23.7 Å². The Labute approximate surface area is 264 Å². The van der Waals surface area contributed by atoms with Crippen LogP contribution in [0.1, 0.15) is 47.2 Å². The Hall–Kier alpha value is -5.07. The third kappa shape index (κ3) is 8.14. The molecule has 0 bridgehead atoms. The van der Waals surface area contributed by atoms with E-state index >= 15 is 0 Å². The molecule has 0 radical (unpaired) electrons. The van der Waals surface area contributed by atoms with Crippen LogP contribution in [0.3, 0.4) is 0 Å². The van der Waals surface area contributed by atoms with Crippen molar-refractivity contribution in [2.24, 2.45) is 0 Å². The number of hydrogen-bond donors (Lipinski definition) is 4. The van der Waals surface area contributed by atoms with E-state index in [4.69, 9.17) is 9.97 Å². The smallest absolute Gasteiger partial charge is 0.406 e. The molecule has 3 aromatic carbocycles. The maximum atomic E-state index is 13.5. The molecule has 3 amide bonds. The van der Waals surface area contributed by atoms with Gasteiger partial charge in [0.25, 0.3) is 5.91 Å². The van der Waals surface area contributed by atoms with Gasteiger partial charge in [0.15, 0.2) is 0 Å². The molecule has 46 heavy (non-hydrogen) atoms. The second kappa shape index (κ2) is 13.5. The Balaban J connectivity index is 1.19. The van der Waals surface area contributed by atoms with E-state index < -0.39 is 18.1 Å². The van der Waals surface area contributed by atoms with Gasteiger partial charge >= 0.3 is 12.4 Å². The number of fused-ring (bicyclic) bond motifs is 1. The molecule has 242 valence electrons. The number of rotatable bonds is 8. The second-order valence-electron chi connectivity index (χ2n) is 11.6. The molecule has 5 rings (SSSR count). The first kappa shape index (κ1) is 32.3. The average Bonchev–Trinajstić information content (AvgIpc) is 2.99. The van der Waals surface area contributed by atoms with Crippen molar-refractivity contribution in [3.8, 4) is 5.75 Å². The van der Waals surface area contributed by atoms with Crippen molar-refractivity contribution in [2.45, 2.75) is 58.0 Å². The first-order valence-corrected chi connectivity index (χ1v) is 14.9. The lowest BCUT2D eigenvalue weighted by atomic mass is 9.91. The maximum Gasteiger partial charge on any atom is 0.573 e. The van der Waals surface area contributed by atoms with E-state index in [0.29, 0.717) is 22.8 Å². The Morgan fingerprint density at radius 1 is 0.891 bits per heavy atom. The van der Waals surface area contributed by atoms with Gasteiger partial charge in [-0.3, -0.25) is 4.79 Å². The Kier molecular flexibility index (Phi) is 9.49. The normalized spacial score (nSPS) is 16.4. The SMILES string of the molecule is Cc1cc(C)c(NC(=O)Nc2ccc(OC(F)(F)F)cc2)c(C(=O)NC2CCC(Nc3nc(N(C)C)c4ccccc4n3)CC2)c1. The highest BCUT2D eigenvalue weighted by molar-refractivity contribution is 6.07. The average molecular weight is 636 g/mol. The highest BCUT2D eigenvalue weighted by Crippen LogP contribution is 2.29. The molecule has 13 heteroatoms. The number of alkyl halides is 3. The zero-order chi connectivity index (χ0) is 33.0. The minimum absolute atomic E-state index is 0.0552. The number of anilines is 4. The first-order valence-electron chi connectivity index (χ1n) is 14.9. The molecule has 1 aliphatic rings. The molecular formula is C33H36F3N7O3. The van der Waals surface area contributed by atoms with Crippen LogP contribution in [0.2, 0.25) is 0 Å². The lowest BCUT2D eigenvalue weighted by Gasteiger charge is -2.30. The fraction of sp³-hybridized carbons (Fsp3) is 0.333. The number of carbonyl (C=O) groups is 2. The summed E-state index contributed by atoms with van der Waals surface area (Å²) in [7, 11) is 3.91. The van der Waals surface area contributed by atoms with Gasteiger partial charge in [0.1, 0.15) is 11.6 Å². The summed E-state index contributed by atoms with van der Waals surface area (Å²) >= 11 is 0. The molecular weight excluding hydrogens is 599 g/mol. The number of ether oxygens (including phenoxy) is 1. The lowest BCUT2D eigenvalue weighted by Crippen LogP contribution is -2.40. The van der Waals surface area contributed by atoms with Crippen LogP contribution in [0.4, 0.5) is 41.1 Å². The van der Waals surface area contributed by atoms with Crippen molar-refractivity contribution in [2.75, 3.05) is 34.9 Å². The summed E-state index contributed by atoms with van der Waals surface area (Å²) in [5.74, 6) is 0.705. The van der Waals surface area contributed by atoms with Crippen LogP contribution in [-0.4, -0.2) is 54.4 Å². The van der Waals surface area contributed by atoms with Crippen LogP contribution in [0, 0.1) is 13.8 Å². The number of carbonyl (C=O) groups excluding carboxylic acids is 2. The number of aryl methyl sites for hydroxylation is 2. The van der Waals surface area contributed by atoms with Gasteiger partial charge in [-0.2, -0.15) is 4.98 Å². The van der Waals surface area contributed by atoms with E-state index in [0.717, 1.165) is 60.1 Å². The Morgan fingerprint density at radius 2 is 1.57 bits per heavy atom. The van der Waals surface area contributed by atoms with Gasteiger partial charge in [0, 0.05) is 37.3 Å². The van der Waals surface area contributed by atoms with Crippen LogP contribution in [0.15, 0.2) is 60.7 Å². The van der Waals surface area contributed by atoms with E-state index in [1.54, 1.807) is 13.0 Å². The molecule has 4 N–H and O–H groups in total. The number of benzene rings is 3. The van der Waals surface area contributed by atoms with E-state index in [9.17, 15) is 22.8 Å². The molecule has 0 aliphatic heterocycles. The van der Waals surface area contributed by atoms with Gasteiger partial charge in [-0.15, -0.1) is 13.2 Å². The third-order valence-corrected chi connectivity index (χ3v) is 7.71. The fourth-order valence-electron chi connectivity index (χ4n) is 5.62. The number of hydrogen-bond acceptors (Lipinski definition) is 7. The van der Waals surface area contributed by atoms with Gasteiger partial charge in [0.05, 0.1) is 16.8 Å². The lowest BCUT2D eigenvalue weighted by molar-refractivity contribution is -0.274. The molecule has 0 atom stereocenters. The maximum absolute atomic E-state index is 13.5. The van der Waals surface area contributed by atoms with Crippen LogP contribution in [-0.2, 0) is 0 Å². The minimum Gasteiger partial charge on any atom is -0.406 e. The molecule has 1 heterocycles. The molecule has 1 fully saturated rings. The fourth-order valence-corrected chi connectivity index (χ4v) is 5.62. The number of nitrogens with zero attached hydrogens (tertiary/aromatic N) is 3. The van der Waals surface area contributed by atoms with Crippen molar-refractivity contribution in [1.29, 1.82) is 0 Å². The van der Waals surface area contributed by atoms with Crippen LogP contribution in [0.5, 0.6) is 5.75 Å². The summed E-state index contributed by atoms with van der Waals surface area (Å²) in [5.41, 5.74) is 3.33. The van der Waals surface area contributed by atoms with E-state index in [1.807, 2.05) is 56.3 Å². The minimum atomic E-state index is -4.81. The second-order valence-corrected chi connectivity index (χ2v) is 11.6. The number of para-hydroxylation sites is 1. The van der Waals surface area contributed by atoms with Gasteiger partial charge < -0.3 is 30.9 Å². The zero-order valence-electron chi connectivity index (χ0n) is 26.0. The molecule has 0 unspecified atom stereocenters. The number of aromatic nitrogens is 2. The number of amides is 3. The van der Waals surface area contributed by atoms with E-state index in [2.05, 4.69) is 26.0 Å². The van der Waals surface area contributed by atoms with Gasteiger partial charge in [-0.25, -0.2) is 9.78 Å². The largest absolute Gasteiger partial charge is 0.573 e. The van der Waals surface area contributed by atoms with Crippen molar-refractivity contribution in [1.82, 2.24) is 15.3 Å². The first-order chi connectivity index (χ1) is 21.8. The molecule has 0 spiro atoms. The van der Waals surface area contributed by atoms with Gasteiger partial charge in [-0.05, 0) is 93.1 Å². The van der Waals surface area contributed by atoms with Gasteiger partial charge in [-0.1, -0.05) is 18.2 Å². The van der Waals surface area contributed by atoms with Crippen molar-refractivity contribution in [3.63, 3.8) is 0 Å². The Morgan fingerprint density at radius 3 is 2.24 bits per heavy atom. The van der Waals surface area contributed by atoms with Crippen LogP contribution in [0.25, 0.3) is 10.9 Å². The van der Waals surface area contributed by atoms with Crippen molar-refractivity contribution < 1.29 is 27.5 Å². The standard InChI is InChI=1S/C33H36F3N7O3/c1-19-17-20(2)28(41-32(45)39-23-13-15-24(16-14-23)46-33(34,35)36)26(18-19)30(44)37-21-9-11-22(12-10-21)38-31-40-27-8-6-5-7-25(27)29(42-31)43(3)4/h5-8,13-18,21-22H,9-12H2,1-4H3,(H,37,44)(H,38,40,42)(H2,39,41,45). The molecule has 1 aromatic heterocycles. The van der Waals surface area contributed by atoms with Crippen LogP contribution < -0.4 is 30.9 Å². The highest BCUT2D eigenvalue weighted by atomic mass is 19.4. The molecule has 4 aromatic rings. The summed E-state index contributed by atoms with van der Waals surface area (Å²) in [4.78, 5) is 37.7. The Bertz CT molecular complexity index is 1720. The number of halogens is 3. The molecule has 1 saturated carbocycles. The van der Waals surface area contributed by atoms with Crippen molar-refractivity contribution >= 4 is 46.0 Å².